The summed E-state index contributed by atoms with van der Waals surface area (Å²) in [5.41, 5.74) is 1.34. The minimum atomic E-state index is -0.144. The van der Waals surface area contributed by atoms with Crippen LogP contribution >= 0.6 is 0 Å². The molecule has 1 atom stereocenters. The quantitative estimate of drug-likeness (QED) is 0.832. The van der Waals surface area contributed by atoms with Gasteiger partial charge in [0.1, 0.15) is 5.82 Å². The van der Waals surface area contributed by atoms with Gasteiger partial charge in [-0.25, -0.2) is 4.39 Å². The Bertz CT molecular complexity index is 339. The van der Waals surface area contributed by atoms with Crippen LogP contribution in [-0.4, -0.2) is 19.8 Å². The van der Waals surface area contributed by atoms with E-state index in [2.05, 4.69) is 5.32 Å². The van der Waals surface area contributed by atoms with Gasteiger partial charge < -0.3 is 10.1 Å². The van der Waals surface area contributed by atoms with Gasteiger partial charge in [-0.2, -0.15) is 0 Å². The fourth-order valence-corrected chi connectivity index (χ4v) is 1.56. The minimum Gasteiger partial charge on any atom is -0.377 e. The van der Waals surface area contributed by atoms with Crippen LogP contribution in [0.15, 0.2) is 18.2 Å². The summed E-state index contributed by atoms with van der Waals surface area (Å²) in [6.45, 7) is 6.20. The van der Waals surface area contributed by atoms with Crippen molar-refractivity contribution in [2.24, 2.45) is 0 Å². The molecule has 0 amide bonds. The first-order valence-electron chi connectivity index (χ1n) is 5.60. The topological polar surface area (TPSA) is 21.3 Å². The molecule has 0 saturated carbocycles. The molecular formula is C13H20FNO. The SMILES string of the molecule is CNC(COC(C)C)c1cccc(C)c1F. The standard InChI is InChI=1S/C13H20FNO/c1-9(2)16-8-12(15-4)11-7-5-6-10(3)13(11)14/h5-7,9,12,15H,8H2,1-4H3. The Hall–Kier alpha value is -0.930. The molecule has 3 heteroatoms. The molecule has 0 fully saturated rings. The first kappa shape index (κ1) is 13.1. The van der Waals surface area contributed by atoms with Gasteiger partial charge in [-0.1, -0.05) is 18.2 Å². The van der Waals surface area contributed by atoms with Gasteiger partial charge in [-0.15, -0.1) is 0 Å². The summed E-state index contributed by atoms with van der Waals surface area (Å²) in [7, 11) is 1.82. The van der Waals surface area contributed by atoms with Crippen LogP contribution in [0.5, 0.6) is 0 Å². The second-order valence-corrected chi connectivity index (χ2v) is 4.20. The second kappa shape index (κ2) is 5.97. The van der Waals surface area contributed by atoms with Crippen molar-refractivity contribution < 1.29 is 9.13 Å². The molecule has 0 aliphatic heterocycles. The second-order valence-electron chi connectivity index (χ2n) is 4.20. The number of halogens is 1. The highest BCUT2D eigenvalue weighted by Crippen LogP contribution is 2.20. The Morgan fingerprint density at radius 1 is 1.38 bits per heavy atom. The number of aryl methyl sites for hydroxylation is 1. The molecule has 2 nitrogen and oxygen atoms in total. The molecule has 0 saturated heterocycles. The number of ether oxygens (including phenoxy) is 1. The molecule has 0 aromatic heterocycles. The highest BCUT2D eigenvalue weighted by atomic mass is 19.1. The van der Waals surface area contributed by atoms with Gasteiger partial charge in [-0.05, 0) is 33.4 Å². The zero-order valence-electron chi connectivity index (χ0n) is 10.4. The molecule has 0 spiro atoms. The molecule has 0 aliphatic carbocycles. The van der Waals surface area contributed by atoms with Crippen molar-refractivity contribution in [1.29, 1.82) is 0 Å². The molecule has 0 bridgehead atoms. The van der Waals surface area contributed by atoms with Crippen molar-refractivity contribution in [3.63, 3.8) is 0 Å². The largest absolute Gasteiger partial charge is 0.377 e. The van der Waals surface area contributed by atoms with E-state index in [4.69, 9.17) is 4.74 Å². The van der Waals surface area contributed by atoms with E-state index in [0.717, 1.165) is 0 Å². The molecule has 90 valence electrons. The fraction of sp³-hybridized carbons (Fsp3) is 0.538. The minimum absolute atomic E-state index is 0.0951. The van der Waals surface area contributed by atoms with Crippen LogP contribution in [0, 0.1) is 12.7 Å². The lowest BCUT2D eigenvalue weighted by Gasteiger charge is -2.19. The summed E-state index contributed by atoms with van der Waals surface area (Å²) in [4.78, 5) is 0. The zero-order chi connectivity index (χ0) is 12.1. The number of hydrogen-bond donors (Lipinski definition) is 1. The number of nitrogens with one attached hydrogen (secondary N) is 1. The van der Waals surface area contributed by atoms with Crippen molar-refractivity contribution in [3.05, 3.63) is 35.1 Å². The molecule has 16 heavy (non-hydrogen) atoms. The normalized spacial score (nSPS) is 13.1. The van der Waals surface area contributed by atoms with Crippen molar-refractivity contribution >= 4 is 0 Å². The van der Waals surface area contributed by atoms with Gasteiger partial charge in [0, 0.05) is 5.56 Å². The maximum absolute atomic E-state index is 13.9. The van der Waals surface area contributed by atoms with Crippen molar-refractivity contribution in [2.45, 2.75) is 32.9 Å². The van der Waals surface area contributed by atoms with Crippen LogP contribution in [0.25, 0.3) is 0 Å². The summed E-state index contributed by atoms with van der Waals surface area (Å²) < 4.78 is 19.4. The van der Waals surface area contributed by atoms with E-state index in [1.54, 1.807) is 19.1 Å². The third kappa shape index (κ3) is 3.29. The van der Waals surface area contributed by atoms with Crippen LogP contribution in [0.3, 0.4) is 0 Å². The van der Waals surface area contributed by atoms with E-state index < -0.39 is 0 Å². The molecule has 0 aliphatic rings. The number of benzene rings is 1. The van der Waals surface area contributed by atoms with Gasteiger partial charge in [0.2, 0.25) is 0 Å². The number of hydrogen-bond acceptors (Lipinski definition) is 2. The monoisotopic (exact) mass is 225 g/mol. The van der Waals surface area contributed by atoms with Crippen LogP contribution < -0.4 is 5.32 Å². The summed E-state index contributed by atoms with van der Waals surface area (Å²) in [5.74, 6) is -0.144. The predicted molar refractivity (Wildman–Crippen MR) is 64.0 cm³/mol. The smallest absolute Gasteiger partial charge is 0.130 e. The molecule has 1 N–H and O–H groups in total. The van der Waals surface area contributed by atoms with Gasteiger partial charge in [0.25, 0.3) is 0 Å². The van der Waals surface area contributed by atoms with Crippen molar-refractivity contribution in [3.8, 4) is 0 Å². The van der Waals surface area contributed by atoms with Crippen LogP contribution in [0.1, 0.15) is 31.0 Å². The van der Waals surface area contributed by atoms with E-state index in [1.165, 1.54) is 0 Å². The summed E-state index contributed by atoms with van der Waals surface area (Å²) in [6.07, 6.45) is 0.156. The highest BCUT2D eigenvalue weighted by molar-refractivity contribution is 5.27. The Morgan fingerprint density at radius 2 is 2.06 bits per heavy atom. The molecular weight excluding hydrogens is 205 g/mol. The molecule has 0 heterocycles. The van der Waals surface area contributed by atoms with Crippen LogP contribution in [-0.2, 0) is 4.74 Å². The third-order valence-electron chi connectivity index (χ3n) is 2.54. The highest BCUT2D eigenvalue weighted by Gasteiger charge is 2.15. The predicted octanol–water partition coefficient (Wildman–Crippen LogP) is 2.82. The lowest BCUT2D eigenvalue weighted by Crippen LogP contribution is -2.24. The molecule has 1 aromatic carbocycles. The van der Waals surface area contributed by atoms with Gasteiger partial charge in [-0.3, -0.25) is 0 Å². The maximum atomic E-state index is 13.9. The average Bonchev–Trinajstić information content (AvgIpc) is 2.24. The lowest BCUT2D eigenvalue weighted by molar-refractivity contribution is 0.0619. The zero-order valence-corrected chi connectivity index (χ0v) is 10.4. The van der Waals surface area contributed by atoms with Crippen LogP contribution in [0.4, 0.5) is 4.39 Å². The Kier molecular flexibility index (Phi) is 4.90. The van der Waals surface area contributed by atoms with E-state index in [-0.39, 0.29) is 18.0 Å². The Labute approximate surface area is 96.8 Å². The lowest BCUT2D eigenvalue weighted by atomic mass is 10.0. The fourth-order valence-electron chi connectivity index (χ4n) is 1.56. The molecule has 1 aromatic rings. The molecule has 1 rings (SSSR count). The van der Waals surface area contributed by atoms with Crippen molar-refractivity contribution in [1.82, 2.24) is 5.32 Å². The Morgan fingerprint density at radius 3 is 2.62 bits per heavy atom. The molecule has 0 radical (unpaired) electrons. The average molecular weight is 225 g/mol. The summed E-state index contributed by atoms with van der Waals surface area (Å²) in [6, 6.07) is 5.34. The Balaban J connectivity index is 2.82. The van der Waals surface area contributed by atoms with E-state index >= 15 is 0 Å². The van der Waals surface area contributed by atoms with Gasteiger partial charge in [0.05, 0.1) is 18.8 Å². The van der Waals surface area contributed by atoms with Gasteiger partial charge >= 0.3 is 0 Å². The van der Waals surface area contributed by atoms with Gasteiger partial charge in [0.15, 0.2) is 0 Å². The van der Waals surface area contributed by atoms with E-state index in [0.29, 0.717) is 17.7 Å². The summed E-state index contributed by atoms with van der Waals surface area (Å²) >= 11 is 0. The van der Waals surface area contributed by atoms with Crippen molar-refractivity contribution in [2.75, 3.05) is 13.7 Å². The first-order chi connectivity index (χ1) is 7.56. The first-order valence-corrected chi connectivity index (χ1v) is 5.60. The molecule has 1 unspecified atom stereocenters. The summed E-state index contributed by atoms with van der Waals surface area (Å²) in [5, 5.41) is 3.08. The maximum Gasteiger partial charge on any atom is 0.130 e. The number of rotatable bonds is 5. The van der Waals surface area contributed by atoms with E-state index in [9.17, 15) is 4.39 Å². The number of likely N-dealkylation sites (N-methyl/N-ethyl adjacent to an activating group) is 1. The van der Waals surface area contributed by atoms with Crippen LogP contribution in [0.2, 0.25) is 0 Å². The van der Waals surface area contributed by atoms with E-state index in [1.807, 2.05) is 27.0 Å². The third-order valence-corrected chi connectivity index (χ3v) is 2.54.